The normalized spacial score (nSPS) is 14.1. The summed E-state index contributed by atoms with van der Waals surface area (Å²) in [7, 11) is 1.44. The number of hydrogen-bond acceptors (Lipinski definition) is 5. The smallest absolute Gasteiger partial charge is 0.352 e. The lowest BCUT2D eigenvalue weighted by molar-refractivity contribution is -0.143. The average Bonchev–Trinajstić information content (AvgIpc) is 2.82. The summed E-state index contributed by atoms with van der Waals surface area (Å²) in [6.07, 6.45) is 1.61. The number of allylic oxidation sites excluding steroid dienone is 1. The van der Waals surface area contributed by atoms with E-state index in [4.69, 9.17) is 0 Å². The second-order valence-electron chi connectivity index (χ2n) is 4.69. The van der Waals surface area contributed by atoms with Gasteiger partial charge in [0.05, 0.1) is 0 Å². The molecule has 0 radical (unpaired) electrons. The minimum absolute atomic E-state index is 0.123. The summed E-state index contributed by atoms with van der Waals surface area (Å²) in [6.45, 7) is 5.02. The zero-order valence-corrected chi connectivity index (χ0v) is 11.0. The van der Waals surface area contributed by atoms with Crippen LogP contribution in [0.25, 0.3) is 11.2 Å². The van der Waals surface area contributed by atoms with Crippen LogP contribution in [0.3, 0.4) is 0 Å². The van der Waals surface area contributed by atoms with E-state index < -0.39 is 23.0 Å². The molecular formula is C12H14N4O4. The van der Waals surface area contributed by atoms with Crippen LogP contribution in [-0.4, -0.2) is 35.7 Å². The first-order chi connectivity index (χ1) is 9.31. The standard InChI is InChI=1S/C12H14N4O4/c1-4-5-12(2,10(18)19)9-13-6-7(14-9)16(3)11(20)15-8(6)17/h4H,1,5H2,2-3H3,(H,13,14)(H,18,19)(H,15,17,20). The molecule has 0 saturated carbocycles. The van der Waals surface area contributed by atoms with Gasteiger partial charge in [-0.05, 0) is 13.3 Å². The van der Waals surface area contributed by atoms with E-state index in [-0.39, 0.29) is 23.4 Å². The average molecular weight is 278 g/mol. The fourth-order valence-electron chi connectivity index (χ4n) is 1.91. The summed E-state index contributed by atoms with van der Waals surface area (Å²) in [5.41, 5.74) is -1.73. The van der Waals surface area contributed by atoms with Gasteiger partial charge in [0.25, 0.3) is 0 Å². The van der Waals surface area contributed by atoms with Crippen molar-refractivity contribution in [2.45, 2.75) is 18.8 Å². The van der Waals surface area contributed by atoms with Gasteiger partial charge in [0.2, 0.25) is 5.88 Å². The van der Waals surface area contributed by atoms with E-state index in [0.717, 1.165) is 4.57 Å². The molecule has 1 unspecified atom stereocenters. The molecule has 0 aliphatic carbocycles. The Morgan fingerprint density at radius 3 is 2.75 bits per heavy atom. The predicted molar refractivity (Wildman–Crippen MR) is 70.6 cm³/mol. The van der Waals surface area contributed by atoms with Crippen molar-refractivity contribution in [3.63, 3.8) is 0 Å². The number of carbonyl (C=O) groups is 1. The van der Waals surface area contributed by atoms with Crippen molar-refractivity contribution in [3.8, 4) is 5.88 Å². The summed E-state index contributed by atoms with van der Waals surface area (Å²) < 4.78 is 1.13. The van der Waals surface area contributed by atoms with Crippen LogP contribution >= 0.6 is 0 Å². The van der Waals surface area contributed by atoms with Crippen LogP contribution in [0.5, 0.6) is 5.88 Å². The number of aryl methyl sites for hydroxylation is 1. The van der Waals surface area contributed by atoms with Gasteiger partial charge in [-0.15, -0.1) is 6.58 Å². The Bertz CT molecular complexity index is 761. The molecular weight excluding hydrogens is 264 g/mol. The minimum Gasteiger partial charge on any atom is -0.492 e. The summed E-state index contributed by atoms with van der Waals surface area (Å²) in [6, 6.07) is 0. The van der Waals surface area contributed by atoms with Gasteiger partial charge >= 0.3 is 11.7 Å². The largest absolute Gasteiger partial charge is 0.492 e. The number of carboxylic acids is 1. The topological polar surface area (TPSA) is 121 Å². The van der Waals surface area contributed by atoms with Gasteiger partial charge in [-0.2, -0.15) is 4.98 Å². The van der Waals surface area contributed by atoms with Gasteiger partial charge in [0, 0.05) is 7.05 Å². The molecule has 20 heavy (non-hydrogen) atoms. The fraction of sp³-hybridized carbons (Fsp3) is 0.333. The number of aromatic nitrogens is 4. The van der Waals surface area contributed by atoms with Crippen molar-refractivity contribution in [1.29, 1.82) is 0 Å². The molecule has 0 saturated heterocycles. The van der Waals surface area contributed by atoms with Crippen LogP contribution in [0.1, 0.15) is 19.2 Å². The number of rotatable bonds is 4. The number of H-pyrrole nitrogens is 1. The lowest BCUT2D eigenvalue weighted by Crippen LogP contribution is -2.33. The van der Waals surface area contributed by atoms with Crippen molar-refractivity contribution in [3.05, 3.63) is 29.0 Å². The molecule has 0 aromatic carbocycles. The summed E-state index contributed by atoms with van der Waals surface area (Å²) >= 11 is 0. The zero-order valence-electron chi connectivity index (χ0n) is 11.0. The van der Waals surface area contributed by atoms with Gasteiger partial charge < -0.3 is 15.2 Å². The molecule has 2 aromatic heterocycles. The van der Waals surface area contributed by atoms with Gasteiger partial charge in [-0.3, -0.25) is 9.36 Å². The van der Waals surface area contributed by atoms with Crippen LogP contribution in [0.15, 0.2) is 17.4 Å². The quantitative estimate of drug-likeness (QED) is 0.691. The van der Waals surface area contributed by atoms with E-state index >= 15 is 0 Å². The third kappa shape index (κ3) is 1.85. The highest BCUT2D eigenvalue weighted by Crippen LogP contribution is 2.29. The highest BCUT2D eigenvalue weighted by atomic mass is 16.4. The van der Waals surface area contributed by atoms with E-state index in [1.807, 2.05) is 0 Å². The second-order valence-corrected chi connectivity index (χ2v) is 4.69. The number of fused-ring (bicyclic) bond motifs is 1. The van der Waals surface area contributed by atoms with Gasteiger partial charge in [-0.1, -0.05) is 6.08 Å². The molecule has 0 aliphatic heterocycles. The van der Waals surface area contributed by atoms with Crippen LogP contribution in [0.2, 0.25) is 0 Å². The van der Waals surface area contributed by atoms with E-state index in [1.165, 1.54) is 20.0 Å². The summed E-state index contributed by atoms with van der Waals surface area (Å²) in [5, 5.41) is 19.0. The highest BCUT2D eigenvalue weighted by molar-refractivity contribution is 5.83. The van der Waals surface area contributed by atoms with Gasteiger partial charge in [-0.25, -0.2) is 9.78 Å². The Balaban J connectivity index is 2.77. The number of aromatic amines is 1. The number of imidazole rings is 1. The van der Waals surface area contributed by atoms with Crippen LogP contribution in [0, 0.1) is 0 Å². The molecule has 2 aromatic rings. The van der Waals surface area contributed by atoms with Crippen molar-refractivity contribution in [2.24, 2.45) is 7.05 Å². The Labute approximate surface area is 113 Å². The number of aromatic hydroxyl groups is 1. The van der Waals surface area contributed by atoms with Gasteiger partial charge in [0.1, 0.15) is 16.8 Å². The second kappa shape index (κ2) is 4.48. The number of nitrogens with one attached hydrogen (secondary N) is 1. The maximum absolute atomic E-state index is 11.5. The molecule has 8 heteroatoms. The monoisotopic (exact) mass is 278 g/mol. The third-order valence-corrected chi connectivity index (χ3v) is 3.26. The van der Waals surface area contributed by atoms with Crippen molar-refractivity contribution < 1.29 is 15.0 Å². The van der Waals surface area contributed by atoms with E-state index in [9.17, 15) is 19.8 Å². The third-order valence-electron chi connectivity index (χ3n) is 3.26. The maximum atomic E-state index is 11.5. The number of carboxylic acid groups (broad SMARTS) is 1. The molecule has 106 valence electrons. The maximum Gasteiger partial charge on any atom is 0.352 e. The number of nitrogens with zero attached hydrogens (tertiary/aromatic N) is 3. The molecule has 3 N–H and O–H groups in total. The first-order valence-electron chi connectivity index (χ1n) is 5.81. The Hall–Kier alpha value is -2.64. The lowest BCUT2D eigenvalue weighted by Gasteiger charge is -2.20. The molecule has 0 spiro atoms. The molecule has 0 amide bonds. The Kier molecular flexibility index (Phi) is 3.09. The molecule has 8 nitrogen and oxygen atoms in total. The number of hydrogen-bond donors (Lipinski definition) is 3. The Morgan fingerprint density at radius 1 is 1.55 bits per heavy atom. The van der Waals surface area contributed by atoms with Gasteiger partial charge in [0.15, 0.2) is 5.65 Å². The van der Waals surface area contributed by atoms with Crippen LogP contribution in [-0.2, 0) is 17.3 Å². The molecule has 2 heterocycles. The molecule has 2 rings (SSSR count). The van der Waals surface area contributed by atoms with Crippen molar-refractivity contribution >= 4 is 17.1 Å². The zero-order chi connectivity index (χ0) is 15.1. The van der Waals surface area contributed by atoms with Crippen LogP contribution < -0.4 is 5.69 Å². The molecule has 0 fully saturated rings. The van der Waals surface area contributed by atoms with E-state index in [2.05, 4.69) is 21.5 Å². The van der Waals surface area contributed by atoms with E-state index in [1.54, 1.807) is 0 Å². The lowest BCUT2D eigenvalue weighted by atomic mass is 9.86. The van der Waals surface area contributed by atoms with Crippen LogP contribution in [0.4, 0.5) is 0 Å². The van der Waals surface area contributed by atoms with Crippen molar-refractivity contribution in [1.82, 2.24) is 19.5 Å². The fourth-order valence-corrected chi connectivity index (χ4v) is 1.91. The Morgan fingerprint density at radius 2 is 2.20 bits per heavy atom. The molecule has 0 aliphatic rings. The first kappa shape index (κ1) is 13.8. The van der Waals surface area contributed by atoms with Crippen molar-refractivity contribution in [2.75, 3.05) is 0 Å². The predicted octanol–water partition coefficient (Wildman–Crippen LogP) is 0.281. The SMILES string of the molecule is C=CCC(C)(C(=O)O)c1nc2c([nH]1)c(O)nc(=O)n2C. The summed E-state index contributed by atoms with van der Waals surface area (Å²) in [4.78, 5) is 33.2. The highest BCUT2D eigenvalue weighted by Gasteiger charge is 2.37. The molecule has 1 atom stereocenters. The number of aliphatic carboxylic acids is 1. The summed E-state index contributed by atoms with van der Waals surface area (Å²) in [5.74, 6) is -1.47. The molecule has 0 bridgehead atoms. The minimum atomic E-state index is -1.33. The van der Waals surface area contributed by atoms with E-state index in [0.29, 0.717) is 0 Å². The first-order valence-corrected chi connectivity index (χ1v) is 5.81.